The number of rotatable bonds is 9. The van der Waals surface area contributed by atoms with Gasteiger partial charge in [-0.2, -0.15) is 5.10 Å². The van der Waals surface area contributed by atoms with Crippen molar-refractivity contribution in [2.24, 2.45) is 4.99 Å². The van der Waals surface area contributed by atoms with Gasteiger partial charge in [-0.1, -0.05) is 0 Å². The van der Waals surface area contributed by atoms with Crippen LogP contribution in [0.25, 0.3) is 11.0 Å². The highest BCUT2D eigenvalue weighted by Crippen LogP contribution is 2.31. The van der Waals surface area contributed by atoms with Gasteiger partial charge in [-0.25, -0.2) is 8.42 Å². The molecule has 3 heterocycles. The van der Waals surface area contributed by atoms with E-state index in [2.05, 4.69) is 25.6 Å². The Morgan fingerprint density at radius 1 is 1.19 bits per heavy atom. The minimum Gasteiger partial charge on any atom is -0.459 e. The van der Waals surface area contributed by atoms with E-state index in [9.17, 15) is 8.42 Å². The molecule has 10 nitrogen and oxygen atoms in total. The van der Waals surface area contributed by atoms with Crippen molar-refractivity contribution < 1.29 is 17.6 Å². The molecule has 37 heavy (non-hydrogen) atoms. The van der Waals surface area contributed by atoms with E-state index < -0.39 is 10.0 Å². The van der Waals surface area contributed by atoms with Crippen LogP contribution in [-0.4, -0.2) is 49.0 Å². The molecule has 1 unspecified atom stereocenters. The number of sulfonamides is 1. The third-order valence-electron chi connectivity index (χ3n) is 6.45. The maximum absolute atomic E-state index is 12.3. The third kappa shape index (κ3) is 6.53. The van der Waals surface area contributed by atoms with Crippen molar-refractivity contribution >= 4 is 38.3 Å². The number of amidine groups is 1. The maximum atomic E-state index is 12.3. The van der Waals surface area contributed by atoms with Crippen LogP contribution >= 0.6 is 0 Å². The minimum absolute atomic E-state index is 0.172. The lowest BCUT2D eigenvalue weighted by Gasteiger charge is -2.21. The van der Waals surface area contributed by atoms with Gasteiger partial charge in [0.15, 0.2) is 5.82 Å². The van der Waals surface area contributed by atoms with E-state index in [0.717, 1.165) is 59.9 Å². The van der Waals surface area contributed by atoms with Crippen molar-refractivity contribution in [1.82, 2.24) is 15.5 Å². The molecule has 0 spiro atoms. The van der Waals surface area contributed by atoms with Crippen molar-refractivity contribution in [3.8, 4) is 0 Å². The van der Waals surface area contributed by atoms with Crippen LogP contribution in [0.3, 0.4) is 0 Å². The molecular weight excluding hydrogens is 492 g/mol. The molecule has 2 fully saturated rings. The fraction of sp³-hybridized carbons (Fsp3) is 0.462. The van der Waals surface area contributed by atoms with Gasteiger partial charge in [0.25, 0.3) is 0 Å². The number of aryl methyl sites for hydroxylation is 1. The molecule has 11 heteroatoms. The van der Waals surface area contributed by atoms with Gasteiger partial charge in [-0.3, -0.25) is 14.8 Å². The molecule has 0 bridgehead atoms. The van der Waals surface area contributed by atoms with Gasteiger partial charge in [-0.15, -0.1) is 0 Å². The van der Waals surface area contributed by atoms with E-state index in [4.69, 9.17) is 14.1 Å². The number of aromatic nitrogens is 2. The van der Waals surface area contributed by atoms with Crippen LogP contribution in [0.4, 0.5) is 11.5 Å². The van der Waals surface area contributed by atoms with Crippen LogP contribution in [0.5, 0.6) is 0 Å². The molecule has 5 rings (SSSR count). The summed E-state index contributed by atoms with van der Waals surface area (Å²) in [4.78, 5) is 4.98. The lowest BCUT2D eigenvalue weighted by atomic mass is 10.1. The van der Waals surface area contributed by atoms with E-state index in [1.807, 2.05) is 45.0 Å². The molecule has 1 saturated heterocycles. The molecule has 1 atom stereocenters. The van der Waals surface area contributed by atoms with Crippen LogP contribution in [0.1, 0.15) is 57.0 Å². The number of fused-ring (bicyclic) bond motifs is 1. The van der Waals surface area contributed by atoms with Crippen molar-refractivity contribution in [2.75, 3.05) is 23.3 Å². The van der Waals surface area contributed by atoms with E-state index in [0.29, 0.717) is 24.5 Å². The Labute approximate surface area is 217 Å². The first-order valence-corrected chi connectivity index (χ1v) is 14.2. The summed E-state index contributed by atoms with van der Waals surface area (Å²) in [5, 5.41) is 14.5. The number of aromatic amines is 1. The Hall–Kier alpha value is -3.31. The zero-order valence-corrected chi connectivity index (χ0v) is 22.2. The summed E-state index contributed by atoms with van der Waals surface area (Å²) >= 11 is 0. The normalized spacial score (nSPS) is 18.7. The fourth-order valence-corrected chi connectivity index (χ4v) is 5.69. The summed E-state index contributed by atoms with van der Waals surface area (Å²) in [5.74, 6) is 2.23. The lowest BCUT2D eigenvalue weighted by molar-refractivity contribution is 0.0870. The first-order chi connectivity index (χ1) is 17.7. The monoisotopic (exact) mass is 526 g/mol. The van der Waals surface area contributed by atoms with Gasteiger partial charge in [0.1, 0.15) is 17.2 Å². The molecule has 1 saturated carbocycles. The summed E-state index contributed by atoms with van der Waals surface area (Å²) in [6.45, 7) is 7.36. The quantitative estimate of drug-likeness (QED) is 0.236. The number of nitrogens with zero attached hydrogens (tertiary/aromatic N) is 2. The zero-order chi connectivity index (χ0) is 26.0. The summed E-state index contributed by atoms with van der Waals surface area (Å²) in [6, 6.07) is 9.23. The van der Waals surface area contributed by atoms with E-state index in [1.165, 1.54) is 0 Å². The Morgan fingerprint density at radius 2 is 1.97 bits per heavy atom. The molecule has 0 radical (unpaired) electrons. The number of H-pyrrole nitrogens is 1. The average Bonchev–Trinajstić information content (AvgIpc) is 3.52. The molecule has 1 aliphatic heterocycles. The van der Waals surface area contributed by atoms with Crippen LogP contribution in [0.2, 0.25) is 0 Å². The number of furan rings is 1. The van der Waals surface area contributed by atoms with Gasteiger partial charge < -0.3 is 19.8 Å². The van der Waals surface area contributed by atoms with Crippen molar-refractivity contribution in [3.63, 3.8) is 0 Å². The van der Waals surface area contributed by atoms with Crippen LogP contribution in [-0.2, 0) is 14.8 Å². The minimum atomic E-state index is -3.32. The Bertz CT molecular complexity index is 1410. The average molecular weight is 527 g/mol. The van der Waals surface area contributed by atoms with Gasteiger partial charge in [0.05, 0.1) is 17.3 Å². The predicted octanol–water partition coefficient (Wildman–Crippen LogP) is 4.61. The summed E-state index contributed by atoms with van der Waals surface area (Å²) in [6.07, 6.45) is 5.17. The number of hydrogen-bond donors (Lipinski definition) is 4. The molecule has 3 aromatic rings. The summed E-state index contributed by atoms with van der Waals surface area (Å²) < 4.78 is 38.9. The number of anilines is 2. The molecule has 198 valence electrons. The van der Waals surface area contributed by atoms with Crippen molar-refractivity contribution in [1.29, 1.82) is 0 Å². The van der Waals surface area contributed by atoms with Crippen LogP contribution in [0, 0.1) is 6.92 Å². The number of nitrogens with one attached hydrogen (secondary N) is 4. The number of hydrogen-bond acceptors (Lipinski definition) is 7. The second-order valence-corrected chi connectivity index (χ2v) is 11.8. The number of benzene rings is 1. The molecular formula is C26H34N6O4S. The number of aliphatic imine (C=N–C) groups is 1. The van der Waals surface area contributed by atoms with Gasteiger partial charge >= 0.3 is 0 Å². The van der Waals surface area contributed by atoms with E-state index >= 15 is 0 Å². The van der Waals surface area contributed by atoms with Gasteiger partial charge in [0.2, 0.25) is 10.0 Å². The summed E-state index contributed by atoms with van der Waals surface area (Å²) in [5.41, 5.74) is 3.12. The highest BCUT2D eigenvalue weighted by Gasteiger charge is 2.35. The SMILES string of the molecule is C/C(=C\C(=NC1CCOCC1)NC(C)c1cc2cc(NS(=O)(=O)C3CC3)ccc2o1)Nc1cc(C)[nH]n1. The Morgan fingerprint density at radius 3 is 2.68 bits per heavy atom. The first-order valence-electron chi connectivity index (χ1n) is 12.7. The fourth-order valence-electron chi connectivity index (χ4n) is 4.31. The second-order valence-electron chi connectivity index (χ2n) is 9.86. The van der Waals surface area contributed by atoms with Gasteiger partial charge in [-0.05, 0) is 76.8 Å². The molecule has 1 aromatic carbocycles. The summed E-state index contributed by atoms with van der Waals surface area (Å²) in [7, 11) is -3.32. The third-order valence-corrected chi connectivity index (χ3v) is 8.32. The standard InChI is InChI=1S/C26H34N6O4S/c1-16(27-26-13-17(2)30-31-26)12-25(29-20-8-10-35-11-9-20)28-18(3)24-15-19-14-21(4-7-23(19)36-24)32-37(33,34)22-5-6-22/h4,7,12-15,18,20,22,32H,5-6,8-11H2,1-3H3,(H,28,29)(H2,27,30,31)/b16-12+. The first kappa shape index (κ1) is 25.3. The molecule has 0 amide bonds. The largest absolute Gasteiger partial charge is 0.459 e. The zero-order valence-electron chi connectivity index (χ0n) is 21.4. The predicted molar refractivity (Wildman–Crippen MR) is 145 cm³/mol. The topological polar surface area (TPSA) is 134 Å². The number of ether oxygens (including phenoxy) is 1. The van der Waals surface area contributed by atoms with Crippen molar-refractivity contribution in [3.05, 3.63) is 53.6 Å². The lowest BCUT2D eigenvalue weighted by Crippen LogP contribution is -2.29. The van der Waals surface area contributed by atoms with Crippen molar-refractivity contribution in [2.45, 2.75) is 63.8 Å². The molecule has 2 aromatic heterocycles. The highest BCUT2D eigenvalue weighted by molar-refractivity contribution is 7.93. The Kier molecular flexibility index (Phi) is 7.25. The van der Waals surface area contributed by atoms with Crippen LogP contribution < -0.4 is 15.4 Å². The maximum Gasteiger partial charge on any atom is 0.235 e. The molecule has 4 N–H and O–H groups in total. The van der Waals surface area contributed by atoms with E-state index in [1.54, 1.807) is 12.1 Å². The number of allylic oxidation sites excluding steroid dienone is 1. The van der Waals surface area contributed by atoms with Gasteiger partial charge in [0, 0.05) is 41.7 Å². The Balaban J connectivity index is 1.34. The molecule has 2 aliphatic rings. The second kappa shape index (κ2) is 10.6. The highest BCUT2D eigenvalue weighted by atomic mass is 32.2. The van der Waals surface area contributed by atoms with Crippen LogP contribution in [0.15, 0.2) is 51.5 Å². The molecule has 1 aliphatic carbocycles. The smallest absolute Gasteiger partial charge is 0.235 e. The van der Waals surface area contributed by atoms with E-state index in [-0.39, 0.29) is 17.3 Å².